The van der Waals surface area contributed by atoms with E-state index in [1.807, 2.05) is 0 Å². The van der Waals surface area contributed by atoms with Gasteiger partial charge >= 0.3 is 0 Å². The highest BCUT2D eigenvalue weighted by Gasteiger charge is 2.05. The molecule has 0 saturated heterocycles. The fourth-order valence-electron chi connectivity index (χ4n) is 1.06. The van der Waals surface area contributed by atoms with E-state index < -0.39 is 0 Å². The van der Waals surface area contributed by atoms with Crippen LogP contribution in [0.25, 0.3) is 0 Å². The molecule has 0 spiro atoms. The Hall–Kier alpha value is -0.900. The summed E-state index contributed by atoms with van der Waals surface area (Å²) in [6.07, 6.45) is 0. The second kappa shape index (κ2) is 5.26. The summed E-state index contributed by atoms with van der Waals surface area (Å²) >= 11 is 3.25. The topological polar surface area (TPSA) is 38.4 Å². The van der Waals surface area contributed by atoms with Crippen LogP contribution in [0, 0.1) is 11.7 Å². The van der Waals surface area contributed by atoms with Crippen LogP contribution in [0.15, 0.2) is 27.7 Å². The number of aliphatic imine (C=N–C) groups is 1. The molecule has 0 bridgehead atoms. The van der Waals surface area contributed by atoms with E-state index in [9.17, 15) is 4.39 Å². The van der Waals surface area contributed by atoms with E-state index in [2.05, 4.69) is 34.8 Å². The van der Waals surface area contributed by atoms with Crippen LogP contribution in [0.4, 0.5) is 4.39 Å². The first-order valence-corrected chi connectivity index (χ1v) is 5.55. The van der Waals surface area contributed by atoms with Gasteiger partial charge in [-0.05, 0) is 40.0 Å². The van der Waals surface area contributed by atoms with Crippen molar-refractivity contribution in [3.8, 4) is 0 Å². The Morgan fingerprint density at radius 1 is 1.53 bits per heavy atom. The Morgan fingerprint density at radius 3 is 2.73 bits per heavy atom. The molecular formula is C11H14BrFN2. The molecule has 2 nitrogen and oxygen atoms in total. The monoisotopic (exact) mass is 272 g/mol. The Morgan fingerprint density at radius 2 is 2.20 bits per heavy atom. The highest BCUT2D eigenvalue weighted by Crippen LogP contribution is 2.17. The van der Waals surface area contributed by atoms with Crippen LogP contribution >= 0.6 is 15.9 Å². The van der Waals surface area contributed by atoms with E-state index in [0.717, 1.165) is 5.56 Å². The lowest BCUT2D eigenvalue weighted by molar-refractivity contribution is 0.626. The number of rotatable bonds is 3. The molecule has 1 rings (SSSR count). The Labute approximate surface area is 97.5 Å². The lowest BCUT2D eigenvalue weighted by Gasteiger charge is -2.05. The van der Waals surface area contributed by atoms with Crippen LogP contribution in [0.2, 0.25) is 0 Å². The highest BCUT2D eigenvalue weighted by atomic mass is 79.9. The number of hydrogen-bond acceptors (Lipinski definition) is 1. The minimum atomic E-state index is -0.290. The van der Waals surface area contributed by atoms with Crippen LogP contribution < -0.4 is 5.73 Å². The number of amidine groups is 1. The SMILES string of the molecule is CC(C)CN=C(N)c1ccc(F)cc1Br. The standard InChI is InChI=1S/C11H14BrFN2/c1-7(2)6-15-11(14)9-4-3-8(13)5-10(9)12/h3-5,7H,6H2,1-2H3,(H2,14,15). The van der Waals surface area contributed by atoms with Gasteiger partial charge in [0.1, 0.15) is 11.7 Å². The van der Waals surface area contributed by atoms with Crippen molar-refractivity contribution in [1.29, 1.82) is 0 Å². The van der Waals surface area contributed by atoms with E-state index in [1.54, 1.807) is 6.07 Å². The third kappa shape index (κ3) is 3.63. The maximum absolute atomic E-state index is 12.8. The summed E-state index contributed by atoms with van der Waals surface area (Å²) < 4.78 is 13.4. The van der Waals surface area contributed by atoms with Gasteiger partial charge in [-0.25, -0.2) is 4.39 Å². The molecule has 0 aliphatic carbocycles. The lowest BCUT2D eigenvalue weighted by atomic mass is 10.2. The fourth-order valence-corrected chi connectivity index (χ4v) is 1.62. The van der Waals surface area contributed by atoms with Gasteiger partial charge < -0.3 is 5.73 Å². The minimum Gasteiger partial charge on any atom is -0.383 e. The molecule has 0 saturated carbocycles. The summed E-state index contributed by atoms with van der Waals surface area (Å²) in [5.41, 5.74) is 6.53. The van der Waals surface area contributed by atoms with Crippen LogP contribution in [-0.4, -0.2) is 12.4 Å². The molecule has 15 heavy (non-hydrogen) atoms. The van der Waals surface area contributed by atoms with E-state index >= 15 is 0 Å². The molecule has 0 atom stereocenters. The Balaban J connectivity index is 2.91. The van der Waals surface area contributed by atoms with Crippen LogP contribution in [0.1, 0.15) is 19.4 Å². The van der Waals surface area contributed by atoms with E-state index in [4.69, 9.17) is 5.73 Å². The molecule has 2 N–H and O–H groups in total. The van der Waals surface area contributed by atoms with Gasteiger partial charge in [-0.2, -0.15) is 0 Å². The number of nitrogens with two attached hydrogens (primary N) is 1. The molecular weight excluding hydrogens is 259 g/mol. The van der Waals surface area contributed by atoms with Crippen LogP contribution in [0.3, 0.4) is 0 Å². The summed E-state index contributed by atoms with van der Waals surface area (Å²) in [6, 6.07) is 4.38. The lowest BCUT2D eigenvalue weighted by Crippen LogP contribution is -2.15. The van der Waals surface area contributed by atoms with Crippen molar-refractivity contribution in [2.24, 2.45) is 16.6 Å². The first-order valence-electron chi connectivity index (χ1n) is 4.76. The summed E-state index contributed by atoms with van der Waals surface area (Å²) in [4.78, 5) is 4.23. The predicted molar refractivity (Wildman–Crippen MR) is 64.5 cm³/mol. The molecule has 0 unspecified atom stereocenters. The van der Waals surface area contributed by atoms with Gasteiger partial charge in [-0.1, -0.05) is 13.8 Å². The largest absolute Gasteiger partial charge is 0.383 e. The molecule has 0 radical (unpaired) electrons. The van der Waals surface area contributed by atoms with Crippen molar-refractivity contribution in [3.05, 3.63) is 34.1 Å². The smallest absolute Gasteiger partial charge is 0.126 e. The van der Waals surface area contributed by atoms with Gasteiger partial charge in [-0.15, -0.1) is 0 Å². The normalized spacial score (nSPS) is 12.2. The number of hydrogen-bond donors (Lipinski definition) is 1. The Kier molecular flexibility index (Phi) is 4.27. The third-order valence-electron chi connectivity index (χ3n) is 1.83. The maximum Gasteiger partial charge on any atom is 0.126 e. The van der Waals surface area contributed by atoms with Gasteiger partial charge in [-0.3, -0.25) is 4.99 Å². The van der Waals surface area contributed by atoms with Crippen molar-refractivity contribution in [1.82, 2.24) is 0 Å². The molecule has 0 aliphatic rings. The first-order chi connectivity index (χ1) is 7.00. The highest BCUT2D eigenvalue weighted by molar-refractivity contribution is 9.10. The van der Waals surface area contributed by atoms with Gasteiger partial charge in [0.15, 0.2) is 0 Å². The van der Waals surface area contributed by atoms with Crippen LogP contribution in [-0.2, 0) is 0 Å². The average molecular weight is 273 g/mol. The Bertz CT molecular complexity index is 375. The summed E-state index contributed by atoms with van der Waals surface area (Å²) in [6.45, 7) is 4.81. The molecule has 0 aliphatic heterocycles. The second-order valence-corrected chi connectivity index (χ2v) is 4.60. The number of benzene rings is 1. The zero-order chi connectivity index (χ0) is 11.4. The summed E-state index contributed by atoms with van der Waals surface area (Å²) in [5, 5.41) is 0. The third-order valence-corrected chi connectivity index (χ3v) is 2.49. The average Bonchev–Trinajstić information content (AvgIpc) is 2.14. The predicted octanol–water partition coefficient (Wildman–Crippen LogP) is 2.95. The number of halogens is 2. The molecule has 0 heterocycles. The minimum absolute atomic E-state index is 0.290. The molecule has 0 aromatic heterocycles. The van der Waals surface area contributed by atoms with Crippen molar-refractivity contribution >= 4 is 21.8 Å². The van der Waals surface area contributed by atoms with E-state index in [1.165, 1.54) is 12.1 Å². The second-order valence-electron chi connectivity index (χ2n) is 3.74. The molecule has 82 valence electrons. The van der Waals surface area contributed by atoms with Crippen molar-refractivity contribution in [2.75, 3.05) is 6.54 Å². The van der Waals surface area contributed by atoms with Gasteiger partial charge in [0.25, 0.3) is 0 Å². The summed E-state index contributed by atoms with van der Waals surface area (Å²) in [7, 11) is 0. The fraction of sp³-hybridized carbons (Fsp3) is 0.364. The zero-order valence-electron chi connectivity index (χ0n) is 8.80. The zero-order valence-corrected chi connectivity index (χ0v) is 10.4. The van der Waals surface area contributed by atoms with Crippen molar-refractivity contribution in [2.45, 2.75) is 13.8 Å². The molecule has 1 aromatic carbocycles. The maximum atomic E-state index is 12.8. The molecule has 4 heteroatoms. The van der Waals surface area contributed by atoms with Gasteiger partial charge in [0.2, 0.25) is 0 Å². The molecule has 0 fully saturated rings. The number of nitrogens with zero attached hydrogens (tertiary/aromatic N) is 1. The van der Waals surface area contributed by atoms with Crippen LogP contribution in [0.5, 0.6) is 0 Å². The quantitative estimate of drug-likeness (QED) is 0.667. The van der Waals surface area contributed by atoms with Crippen molar-refractivity contribution < 1.29 is 4.39 Å². The first kappa shape index (κ1) is 12.2. The van der Waals surface area contributed by atoms with Gasteiger partial charge in [0.05, 0.1) is 0 Å². The summed E-state index contributed by atoms with van der Waals surface area (Å²) in [5.74, 6) is 0.612. The molecule has 1 aromatic rings. The van der Waals surface area contributed by atoms with E-state index in [-0.39, 0.29) is 5.82 Å². The van der Waals surface area contributed by atoms with Gasteiger partial charge in [0, 0.05) is 16.6 Å². The molecule has 0 amide bonds. The van der Waals surface area contributed by atoms with E-state index in [0.29, 0.717) is 22.8 Å². The van der Waals surface area contributed by atoms with Crippen molar-refractivity contribution in [3.63, 3.8) is 0 Å².